The monoisotopic (exact) mass is 605 g/mol. The zero-order chi connectivity index (χ0) is 27.8. The number of amides is 2. The summed E-state index contributed by atoms with van der Waals surface area (Å²) in [5.74, 6) is 1.77. The van der Waals surface area contributed by atoms with Crippen molar-refractivity contribution in [1.29, 1.82) is 0 Å². The van der Waals surface area contributed by atoms with Crippen molar-refractivity contribution in [2.75, 3.05) is 31.0 Å². The first-order valence-corrected chi connectivity index (χ1v) is 14.7. The molecule has 2 aromatic heterocycles. The number of nitrogens with one attached hydrogen (secondary N) is 2. The molecule has 0 atom stereocenters. The van der Waals surface area contributed by atoms with Crippen LogP contribution in [-0.4, -0.2) is 62.5 Å². The van der Waals surface area contributed by atoms with E-state index in [1.807, 2.05) is 13.0 Å². The molecule has 0 unspecified atom stereocenters. The van der Waals surface area contributed by atoms with Crippen molar-refractivity contribution in [2.45, 2.75) is 23.0 Å². The fraction of sp³-hybridized carbons (Fsp3) is 0.250. The van der Waals surface area contributed by atoms with Crippen LogP contribution >= 0.6 is 46.5 Å². The SMILES string of the molecule is CCSc1nnc(NC(=O)CSc2nnc(CNC(=O)c3ccc(OC)c(OC)c3)n2-c2cccc(Cl)c2)s1. The van der Waals surface area contributed by atoms with Crippen molar-refractivity contribution < 1.29 is 19.1 Å². The number of nitrogens with zero attached hydrogens (tertiary/aromatic N) is 5. The molecule has 4 aromatic rings. The molecule has 0 bridgehead atoms. The highest BCUT2D eigenvalue weighted by Crippen LogP contribution is 2.28. The van der Waals surface area contributed by atoms with Crippen LogP contribution in [0.1, 0.15) is 23.1 Å². The van der Waals surface area contributed by atoms with Gasteiger partial charge in [0.15, 0.2) is 26.8 Å². The van der Waals surface area contributed by atoms with Crippen LogP contribution in [0.5, 0.6) is 11.5 Å². The molecule has 15 heteroatoms. The zero-order valence-corrected chi connectivity index (χ0v) is 24.3. The molecule has 2 aromatic carbocycles. The minimum atomic E-state index is -0.331. The molecule has 0 aliphatic heterocycles. The number of hydrogen-bond donors (Lipinski definition) is 2. The number of aromatic nitrogens is 5. The lowest BCUT2D eigenvalue weighted by Gasteiger charge is -2.12. The highest BCUT2D eigenvalue weighted by atomic mass is 35.5. The topological polar surface area (TPSA) is 133 Å². The van der Waals surface area contributed by atoms with E-state index in [-0.39, 0.29) is 24.1 Å². The molecular formula is C24H24ClN7O4S3. The number of hydrogen-bond acceptors (Lipinski definition) is 11. The quantitative estimate of drug-likeness (QED) is 0.175. The maximum atomic E-state index is 12.9. The first-order valence-electron chi connectivity index (χ1n) is 11.5. The van der Waals surface area contributed by atoms with Crippen LogP contribution in [0.2, 0.25) is 5.02 Å². The van der Waals surface area contributed by atoms with Crippen molar-refractivity contribution >= 4 is 63.4 Å². The Bertz CT molecular complexity index is 1460. The molecule has 11 nitrogen and oxygen atoms in total. The molecule has 2 N–H and O–H groups in total. The Hall–Kier alpha value is -3.33. The maximum Gasteiger partial charge on any atom is 0.251 e. The van der Waals surface area contributed by atoms with Gasteiger partial charge in [-0.3, -0.25) is 19.5 Å². The van der Waals surface area contributed by atoms with Crippen LogP contribution in [0.4, 0.5) is 5.13 Å². The highest BCUT2D eigenvalue weighted by molar-refractivity contribution is 8.01. The Kier molecular flexibility index (Phi) is 10.0. The summed E-state index contributed by atoms with van der Waals surface area (Å²) in [6.45, 7) is 2.09. The number of anilines is 1. The van der Waals surface area contributed by atoms with Crippen molar-refractivity contribution in [1.82, 2.24) is 30.3 Å². The zero-order valence-electron chi connectivity index (χ0n) is 21.1. The number of benzene rings is 2. The molecule has 0 fully saturated rings. The second-order valence-electron chi connectivity index (χ2n) is 7.61. The Morgan fingerprint density at radius 3 is 2.59 bits per heavy atom. The van der Waals surface area contributed by atoms with Crippen molar-refractivity contribution in [3.8, 4) is 17.2 Å². The number of methoxy groups -OCH3 is 2. The molecule has 0 saturated carbocycles. The van der Waals surface area contributed by atoms with Gasteiger partial charge in [-0.2, -0.15) is 0 Å². The Labute approximate surface area is 242 Å². The molecular weight excluding hydrogens is 582 g/mol. The molecule has 4 rings (SSSR count). The number of carbonyl (C=O) groups excluding carboxylic acids is 2. The molecule has 0 aliphatic rings. The molecule has 0 saturated heterocycles. The van der Waals surface area contributed by atoms with Gasteiger partial charge in [0.05, 0.1) is 32.2 Å². The Morgan fingerprint density at radius 1 is 1.03 bits per heavy atom. The lowest BCUT2D eigenvalue weighted by Crippen LogP contribution is -2.24. The van der Waals surface area contributed by atoms with E-state index in [0.717, 1.165) is 10.1 Å². The van der Waals surface area contributed by atoms with E-state index in [1.54, 1.807) is 52.7 Å². The summed E-state index contributed by atoms with van der Waals surface area (Å²) in [5, 5.41) is 23.6. The summed E-state index contributed by atoms with van der Waals surface area (Å²) in [5.41, 5.74) is 1.08. The predicted molar refractivity (Wildman–Crippen MR) is 153 cm³/mol. The van der Waals surface area contributed by atoms with Crippen molar-refractivity contribution in [3.63, 3.8) is 0 Å². The Morgan fingerprint density at radius 2 is 1.85 bits per heavy atom. The number of thioether (sulfide) groups is 2. The van der Waals surface area contributed by atoms with Crippen LogP contribution in [0.3, 0.4) is 0 Å². The Balaban J connectivity index is 1.48. The number of ether oxygens (including phenoxy) is 2. The van der Waals surface area contributed by atoms with Crippen LogP contribution < -0.4 is 20.1 Å². The summed E-state index contributed by atoms with van der Waals surface area (Å²) in [6.07, 6.45) is 0. The van der Waals surface area contributed by atoms with Gasteiger partial charge in [-0.25, -0.2) is 0 Å². The van der Waals surface area contributed by atoms with Gasteiger partial charge in [-0.05, 0) is 42.2 Å². The minimum absolute atomic E-state index is 0.0620. The average molecular weight is 606 g/mol. The van der Waals surface area contributed by atoms with Gasteiger partial charge < -0.3 is 14.8 Å². The van der Waals surface area contributed by atoms with Crippen LogP contribution in [-0.2, 0) is 11.3 Å². The van der Waals surface area contributed by atoms with Gasteiger partial charge in [0.25, 0.3) is 5.91 Å². The van der Waals surface area contributed by atoms with Gasteiger partial charge in [0.2, 0.25) is 11.0 Å². The van der Waals surface area contributed by atoms with Gasteiger partial charge >= 0.3 is 0 Å². The van der Waals surface area contributed by atoms with Crippen molar-refractivity contribution in [3.05, 3.63) is 58.9 Å². The van der Waals surface area contributed by atoms with Crippen LogP contribution in [0, 0.1) is 0 Å². The smallest absolute Gasteiger partial charge is 0.251 e. The van der Waals surface area contributed by atoms with Gasteiger partial charge in [0.1, 0.15) is 0 Å². The number of carbonyl (C=O) groups is 2. The maximum absolute atomic E-state index is 12.9. The van der Waals surface area contributed by atoms with E-state index in [4.69, 9.17) is 21.1 Å². The van der Waals surface area contributed by atoms with Gasteiger partial charge in [-0.1, -0.05) is 59.5 Å². The summed E-state index contributed by atoms with van der Waals surface area (Å²) < 4.78 is 13.1. The molecule has 2 heterocycles. The lowest BCUT2D eigenvalue weighted by molar-refractivity contribution is -0.113. The first-order chi connectivity index (χ1) is 18.9. The summed E-state index contributed by atoms with van der Waals surface area (Å²) in [4.78, 5) is 25.4. The van der Waals surface area contributed by atoms with Crippen molar-refractivity contribution in [2.24, 2.45) is 0 Å². The molecule has 39 heavy (non-hydrogen) atoms. The van der Waals surface area contributed by atoms with Gasteiger partial charge in [0, 0.05) is 10.6 Å². The third-order valence-electron chi connectivity index (χ3n) is 5.07. The number of rotatable bonds is 12. The average Bonchev–Trinajstić information content (AvgIpc) is 3.56. The lowest BCUT2D eigenvalue weighted by atomic mass is 10.2. The molecule has 204 valence electrons. The first kappa shape index (κ1) is 28.7. The van der Waals surface area contributed by atoms with E-state index in [0.29, 0.717) is 43.9 Å². The van der Waals surface area contributed by atoms with E-state index >= 15 is 0 Å². The molecule has 0 aliphatic carbocycles. The minimum Gasteiger partial charge on any atom is -0.493 e. The predicted octanol–water partition coefficient (Wildman–Crippen LogP) is 4.56. The van der Waals surface area contributed by atoms with E-state index in [1.165, 1.54) is 37.3 Å². The van der Waals surface area contributed by atoms with E-state index in [9.17, 15) is 9.59 Å². The van der Waals surface area contributed by atoms with E-state index in [2.05, 4.69) is 31.0 Å². The second kappa shape index (κ2) is 13.6. The number of halogens is 1. The van der Waals surface area contributed by atoms with Crippen LogP contribution in [0.25, 0.3) is 5.69 Å². The third kappa shape index (κ3) is 7.41. The third-order valence-corrected chi connectivity index (χ3v) is 8.09. The fourth-order valence-corrected chi connectivity index (χ4v) is 5.97. The standard InChI is InChI=1S/C24H24ClN7O4S3/c1-4-37-24-31-29-22(39-24)27-20(33)13-38-23-30-28-19(32(23)16-7-5-6-15(25)11-16)12-26-21(34)14-8-9-17(35-2)18(10-14)36-3/h5-11H,4,12-13H2,1-3H3,(H,26,34)(H,27,29,33). The fourth-order valence-electron chi connectivity index (χ4n) is 3.35. The summed E-state index contributed by atoms with van der Waals surface area (Å²) in [7, 11) is 3.03. The summed E-state index contributed by atoms with van der Waals surface area (Å²) in [6, 6.07) is 12.0. The van der Waals surface area contributed by atoms with Gasteiger partial charge in [-0.15, -0.1) is 20.4 Å². The summed E-state index contributed by atoms with van der Waals surface area (Å²) >= 11 is 10.3. The second-order valence-corrected chi connectivity index (χ2v) is 11.5. The molecule has 0 radical (unpaired) electrons. The molecule has 0 spiro atoms. The van der Waals surface area contributed by atoms with E-state index < -0.39 is 0 Å². The normalized spacial score (nSPS) is 10.8. The largest absolute Gasteiger partial charge is 0.493 e. The highest BCUT2D eigenvalue weighted by Gasteiger charge is 2.18. The van der Waals surface area contributed by atoms with Crippen LogP contribution in [0.15, 0.2) is 52.0 Å². The molecule has 2 amide bonds.